The first kappa shape index (κ1) is 10.8. The molecular formula is C8H16N4O2. The summed E-state index contributed by atoms with van der Waals surface area (Å²) in [7, 11) is 8.47. The van der Waals surface area contributed by atoms with Gasteiger partial charge in [0.05, 0.1) is 0 Å². The molecule has 0 bridgehead atoms. The SMILES string of the molecule is CN1C(=O)N(C)C(N(C)C)N(C)C1=O. The standard InChI is InChI=1S/C8H16N4O2/c1-9(2)6-10(3)7(13)12(5)8(14)11(6)4/h6H,1-5H3. The fraction of sp³-hybridized carbons (Fsp3) is 0.750. The van der Waals surface area contributed by atoms with Crippen LogP contribution in [0.5, 0.6) is 0 Å². The Kier molecular flexibility index (Phi) is 2.66. The molecule has 0 atom stereocenters. The van der Waals surface area contributed by atoms with Gasteiger partial charge in [-0.15, -0.1) is 0 Å². The molecule has 0 aromatic rings. The molecule has 80 valence electrons. The van der Waals surface area contributed by atoms with Crippen LogP contribution in [0.3, 0.4) is 0 Å². The van der Waals surface area contributed by atoms with E-state index in [1.54, 1.807) is 14.1 Å². The molecule has 1 fully saturated rings. The van der Waals surface area contributed by atoms with Gasteiger partial charge >= 0.3 is 12.1 Å². The quantitative estimate of drug-likeness (QED) is 0.593. The molecule has 6 nitrogen and oxygen atoms in total. The number of carbonyl (C=O) groups is 2. The molecule has 0 aliphatic carbocycles. The van der Waals surface area contributed by atoms with E-state index in [9.17, 15) is 9.59 Å². The van der Waals surface area contributed by atoms with Crippen LogP contribution in [0.1, 0.15) is 0 Å². The number of hydrogen-bond acceptors (Lipinski definition) is 3. The van der Waals surface area contributed by atoms with E-state index in [0.717, 1.165) is 4.90 Å². The van der Waals surface area contributed by atoms with Crippen molar-refractivity contribution in [2.75, 3.05) is 35.2 Å². The summed E-state index contributed by atoms with van der Waals surface area (Å²) in [5, 5.41) is 0. The molecule has 0 aromatic carbocycles. The first-order valence-corrected chi connectivity index (χ1v) is 4.31. The fourth-order valence-corrected chi connectivity index (χ4v) is 1.71. The predicted molar refractivity (Wildman–Crippen MR) is 51.6 cm³/mol. The highest BCUT2D eigenvalue weighted by Gasteiger charge is 2.39. The molecular weight excluding hydrogens is 184 g/mol. The lowest BCUT2D eigenvalue weighted by Gasteiger charge is -2.45. The second-order valence-corrected chi connectivity index (χ2v) is 3.66. The molecule has 0 unspecified atom stereocenters. The zero-order valence-corrected chi connectivity index (χ0v) is 9.18. The number of imide groups is 1. The Bertz CT molecular complexity index is 244. The Balaban J connectivity index is 2.98. The van der Waals surface area contributed by atoms with Crippen molar-refractivity contribution in [2.45, 2.75) is 6.29 Å². The number of hydrogen-bond donors (Lipinski definition) is 0. The summed E-state index contributed by atoms with van der Waals surface area (Å²) >= 11 is 0. The topological polar surface area (TPSA) is 47.1 Å². The number of urea groups is 2. The Morgan fingerprint density at radius 2 is 1.36 bits per heavy atom. The third-order valence-electron chi connectivity index (χ3n) is 2.33. The summed E-state index contributed by atoms with van der Waals surface area (Å²) in [6.07, 6.45) is -0.314. The summed E-state index contributed by atoms with van der Waals surface area (Å²) < 4.78 is 0. The van der Waals surface area contributed by atoms with Crippen LogP contribution < -0.4 is 0 Å². The van der Waals surface area contributed by atoms with Crippen LogP contribution in [0.2, 0.25) is 0 Å². The Labute approximate surface area is 83.7 Å². The second-order valence-electron chi connectivity index (χ2n) is 3.66. The lowest BCUT2D eigenvalue weighted by Crippen LogP contribution is -2.66. The van der Waals surface area contributed by atoms with Crippen LogP contribution in [0.25, 0.3) is 0 Å². The van der Waals surface area contributed by atoms with Crippen molar-refractivity contribution in [2.24, 2.45) is 0 Å². The lowest BCUT2D eigenvalue weighted by molar-refractivity contribution is -0.0105. The van der Waals surface area contributed by atoms with Gasteiger partial charge in [-0.2, -0.15) is 0 Å². The van der Waals surface area contributed by atoms with Gasteiger partial charge in [0.25, 0.3) is 0 Å². The van der Waals surface area contributed by atoms with E-state index in [-0.39, 0.29) is 18.4 Å². The molecule has 1 aliphatic heterocycles. The number of nitrogens with zero attached hydrogens (tertiary/aromatic N) is 4. The normalized spacial score (nSPS) is 20.0. The first-order chi connectivity index (χ1) is 6.37. The number of rotatable bonds is 1. The van der Waals surface area contributed by atoms with Crippen LogP contribution in [0.15, 0.2) is 0 Å². The van der Waals surface area contributed by atoms with Gasteiger partial charge < -0.3 is 0 Å². The van der Waals surface area contributed by atoms with Gasteiger partial charge in [-0.25, -0.2) is 14.5 Å². The third kappa shape index (κ3) is 1.41. The molecule has 1 aliphatic rings. The molecule has 0 N–H and O–H groups in total. The maximum Gasteiger partial charge on any atom is 0.330 e. The molecule has 6 heteroatoms. The van der Waals surface area contributed by atoms with Crippen molar-refractivity contribution >= 4 is 12.1 Å². The van der Waals surface area contributed by atoms with Crippen LogP contribution >= 0.6 is 0 Å². The van der Waals surface area contributed by atoms with Crippen molar-refractivity contribution in [3.05, 3.63) is 0 Å². The van der Waals surface area contributed by atoms with Crippen LogP contribution in [-0.4, -0.2) is 73.2 Å². The van der Waals surface area contributed by atoms with E-state index < -0.39 is 0 Å². The number of amides is 4. The minimum atomic E-state index is -0.314. The number of carbonyl (C=O) groups excluding carboxylic acids is 2. The van der Waals surface area contributed by atoms with Crippen molar-refractivity contribution < 1.29 is 9.59 Å². The smallest absolute Gasteiger partial charge is 0.293 e. The molecule has 1 rings (SSSR count). The summed E-state index contributed by atoms with van der Waals surface area (Å²) in [4.78, 5) is 29.1. The van der Waals surface area contributed by atoms with Gasteiger partial charge in [0.1, 0.15) is 0 Å². The van der Waals surface area contributed by atoms with E-state index in [1.807, 2.05) is 19.0 Å². The maximum absolute atomic E-state index is 11.6. The van der Waals surface area contributed by atoms with Crippen molar-refractivity contribution in [3.63, 3.8) is 0 Å². The monoisotopic (exact) mass is 200 g/mol. The second kappa shape index (κ2) is 3.45. The highest BCUT2D eigenvalue weighted by Crippen LogP contribution is 2.15. The summed E-state index contributed by atoms with van der Waals surface area (Å²) in [6, 6.07) is -0.571. The van der Waals surface area contributed by atoms with E-state index >= 15 is 0 Å². The summed E-state index contributed by atoms with van der Waals surface area (Å²) in [5.41, 5.74) is 0. The first-order valence-electron chi connectivity index (χ1n) is 4.31. The molecule has 0 radical (unpaired) electrons. The minimum Gasteiger partial charge on any atom is -0.293 e. The predicted octanol–water partition coefficient (Wildman–Crippen LogP) is -0.119. The fourth-order valence-electron chi connectivity index (χ4n) is 1.71. The summed E-state index contributed by atoms with van der Waals surface area (Å²) in [5.74, 6) is 0. The molecule has 14 heavy (non-hydrogen) atoms. The average molecular weight is 200 g/mol. The zero-order valence-electron chi connectivity index (χ0n) is 9.18. The third-order valence-corrected chi connectivity index (χ3v) is 2.33. The van der Waals surface area contributed by atoms with Crippen LogP contribution in [0, 0.1) is 0 Å². The van der Waals surface area contributed by atoms with E-state index in [1.165, 1.54) is 16.8 Å². The van der Waals surface area contributed by atoms with Crippen LogP contribution in [-0.2, 0) is 0 Å². The van der Waals surface area contributed by atoms with Crippen molar-refractivity contribution in [1.29, 1.82) is 0 Å². The Morgan fingerprint density at radius 1 is 1.00 bits per heavy atom. The van der Waals surface area contributed by atoms with Crippen molar-refractivity contribution in [1.82, 2.24) is 19.6 Å². The van der Waals surface area contributed by atoms with Gasteiger partial charge in [-0.05, 0) is 14.1 Å². The highest BCUT2D eigenvalue weighted by atomic mass is 16.2. The molecule has 0 saturated carbocycles. The Hall–Kier alpha value is -1.30. The molecule has 1 heterocycles. The summed E-state index contributed by atoms with van der Waals surface area (Å²) in [6.45, 7) is 0. The zero-order chi connectivity index (χ0) is 11.0. The van der Waals surface area contributed by atoms with Crippen LogP contribution in [0.4, 0.5) is 9.59 Å². The maximum atomic E-state index is 11.6. The van der Waals surface area contributed by atoms with Crippen molar-refractivity contribution in [3.8, 4) is 0 Å². The lowest BCUT2D eigenvalue weighted by atomic mass is 10.4. The largest absolute Gasteiger partial charge is 0.330 e. The van der Waals surface area contributed by atoms with Gasteiger partial charge in [-0.1, -0.05) is 0 Å². The van der Waals surface area contributed by atoms with Gasteiger partial charge in [0.2, 0.25) is 0 Å². The molecule has 1 saturated heterocycles. The van der Waals surface area contributed by atoms with E-state index in [0.29, 0.717) is 0 Å². The van der Waals surface area contributed by atoms with Gasteiger partial charge in [0.15, 0.2) is 6.29 Å². The highest BCUT2D eigenvalue weighted by molar-refractivity contribution is 5.95. The van der Waals surface area contributed by atoms with E-state index in [2.05, 4.69) is 0 Å². The molecule has 0 spiro atoms. The van der Waals surface area contributed by atoms with Gasteiger partial charge in [-0.3, -0.25) is 14.7 Å². The molecule has 0 aromatic heterocycles. The van der Waals surface area contributed by atoms with E-state index in [4.69, 9.17) is 0 Å². The Morgan fingerprint density at radius 3 is 1.64 bits per heavy atom. The van der Waals surface area contributed by atoms with Gasteiger partial charge in [0, 0.05) is 21.1 Å². The minimum absolute atomic E-state index is 0.285. The average Bonchev–Trinajstić information content (AvgIpc) is 2.11. The molecule has 4 amide bonds.